The number of benzene rings is 2. The molecule has 164 valence electrons. The van der Waals surface area contributed by atoms with Crippen molar-refractivity contribution in [2.45, 2.75) is 25.3 Å². The molecule has 1 aliphatic rings. The number of aldehydes is 1. The second-order valence-corrected chi connectivity index (χ2v) is 8.00. The topological polar surface area (TPSA) is 71.4 Å². The highest BCUT2D eigenvalue weighted by atomic mass is 16.2. The van der Waals surface area contributed by atoms with Gasteiger partial charge in [-0.2, -0.15) is 0 Å². The quantitative estimate of drug-likeness (QED) is 0.417. The summed E-state index contributed by atoms with van der Waals surface area (Å²) in [6.07, 6.45) is 4.72. The first-order chi connectivity index (χ1) is 15.7. The predicted molar refractivity (Wildman–Crippen MR) is 123 cm³/mol. The lowest BCUT2D eigenvalue weighted by Gasteiger charge is -2.23. The molecular weight excluding hydrogens is 402 g/mol. The third-order valence-corrected chi connectivity index (χ3v) is 5.81. The van der Waals surface area contributed by atoms with Crippen molar-refractivity contribution in [3.05, 3.63) is 95.3 Å². The number of likely N-dealkylation sites (tertiary alicyclic amines) is 1. The SMILES string of the molecule is O=Cc1cc(C(=O)NCCCN2CCCC2=O)n(C(c2ccccc2)c2ccccc2)c1. The van der Waals surface area contributed by atoms with Gasteiger partial charge in [-0.25, -0.2) is 0 Å². The van der Waals surface area contributed by atoms with Crippen LogP contribution in [0.4, 0.5) is 0 Å². The van der Waals surface area contributed by atoms with Crippen molar-refractivity contribution in [1.82, 2.24) is 14.8 Å². The summed E-state index contributed by atoms with van der Waals surface area (Å²) in [5.74, 6) is -0.0443. The minimum absolute atomic E-state index is 0.189. The first kappa shape index (κ1) is 21.6. The van der Waals surface area contributed by atoms with Crippen LogP contribution in [0.2, 0.25) is 0 Å². The molecule has 2 amide bonds. The minimum Gasteiger partial charge on any atom is -0.351 e. The molecule has 0 atom stereocenters. The maximum absolute atomic E-state index is 13.1. The second-order valence-electron chi connectivity index (χ2n) is 8.00. The molecule has 4 rings (SSSR count). The van der Waals surface area contributed by atoms with Gasteiger partial charge in [-0.3, -0.25) is 14.4 Å². The zero-order valence-corrected chi connectivity index (χ0v) is 17.9. The van der Waals surface area contributed by atoms with Crippen molar-refractivity contribution in [2.75, 3.05) is 19.6 Å². The Balaban J connectivity index is 1.56. The maximum Gasteiger partial charge on any atom is 0.267 e. The van der Waals surface area contributed by atoms with Crippen LogP contribution in [0, 0.1) is 0 Å². The smallest absolute Gasteiger partial charge is 0.267 e. The van der Waals surface area contributed by atoms with Gasteiger partial charge in [0.2, 0.25) is 5.91 Å². The Bertz CT molecular complexity index is 1040. The van der Waals surface area contributed by atoms with E-state index in [1.165, 1.54) is 0 Å². The van der Waals surface area contributed by atoms with Crippen LogP contribution in [-0.2, 0) is 4.79 Å². The van der Waals surface area contributed by atoms with Crippen molar-refractivity contribution in [2.24, 2.45) is 0 Å². The molecule has 6 heteroatoms. The zero-order valence-electron chi connectivity index (χ0n) is 17.9. The molecular formula is C26H27N3O3. The van der Waals surface area contributed by atoms with Crippen molar-refractivity contribution >= 4 is 18.1 Å². The van der Waals surface area contributed by atoms with Crippen molar-refractivity contribution in [3.8, 4) is 0 Å². The summed E-state index contributed by atoms with van der Waals surface area (Å²) in [6.45, 7) is 1.91. The Kier molecular flexibility index (Phi) is 6.80. The molecule has 1 saturated heterocycles. The Morgan fingerprint density at radius 3 is 2.25 bits per heavy atom. The summed E-state index contributed by atoms with van der Waals surface area (Å²) in [7, 11) is 0. The van der Waals surface area contributed by atoms with Crippen molar-refractivity contribution in [1.29, 1.82) is 0 Å². The number of amides is 2. The van der Waals surface area contributed by atoms with Gasteiger partial charge in [-0.15, -0.1) is 0 Å². The number of carbonyl (C=O) groups excluding carboxylic acids is 3. The fourth-order valence-electron chi connectivity index (χ4n) is 4.25. The molecule has 6 nitrogen and oxygen atoms in total. The lowest BCUT2D eigenvalue weighted by molar-refractivity contribution is -0.127. The highest BCUT2D eigenvalue weighted by Gasteiger charge is 2.23. The van der Waals surface area contributed by atoms with Crippen LogP contribution in [0.15, 0.2) is 72.9 Å². The second kappa shape index (κ2) is 10.1. The van der Waals surface area contributed by atoms with E-state index in [1.54, 1.807) is 12.3 Å². The van der Waals surface area contributed by atoms with Crippen LogP contribution in [-0.4, -0.2) is 47.2 Å². The van der Waals surface area contributed by atoms with Crippen LogP contribution < -0.4 is 5.32 Å². The molecule has 1 fully saturated rings. The number of hydrogen-bond acceptors (Lipinski definition) is 3. The van der Waals surface area contributed by atoms with Gasteiger partial charge in [-0.05, 0) is 30.0 Å². The molecule has 32 heavy (non-hydrogen) atoms. The number of nitrogens with one attached hydrogen (secondary N) is 1. The van der Waals surface area contributed by atoms with E-state index in [9.17, 15) is 14.4 Å². The first-order valence-corrected chi connectivity index (χ1v) is 11.0. The molecule has 2 heterocycles. The number of aromatic nitrogens is 1. The normalized spacial score (nSPS) is 13.5. The van der Waals surface area contributed by atoms with E-state index in [1.807, 2.05) is 70.1 Å². The maximum atomic E-state index is 13.1. The Hall–Kier alpha value is -3.67. The fourth-order valence-corrected chi connectivity index (χ4v) is 4.25. The highest BCUT2D eigenvalue weighted by molar-refractivity contribution is 5.95. The molecule has 0 spiro atoms. The molecule has 0 aliphatic carbocycles. The molecule has 1 aromatic heterocycles. The third kappa shape index (κ3) is 4.80. The molecule has 0 bridgehead atoms. The first-order valence-electron chi connectivity index (χ1n) is 11.0. The third-order valence-electron chi connectivity index (χ3n) is 5.81. The van der Waals surface area contributed by atoms with E-state index in [0.717, 1.165) is 30.4 Å². The van der Waals surface area contributed by atoms with Gasteiger partial charge in [-0.1, -0.05) is 60.7 Å². The standard InChI is InChI=1S/C26H27N3O3/c30-19-20-17-23(26(32)27-14-8-16-28-15-7-13-24(28)31)29(18-20)25(21-9-3-1-4-10-21)22-11-5-2-6-12-22/h1-6,9-12,17-19,25H,7-8,13-16H2,(H,27,32). The predicted octanol–water partition coefficient (Wildman–Crippen LogP) is 3.68. The van der Waals surface area contributed by atoms with Crippen LogP contribution in [0.25, 0.3) is 0 Å². The van der Waals surface area contributed by atoms with E-state index in [4.69, 9.17) is 0 Å². The van der Waals surface area contributed by atoms with Crippen molar-refractivity contribution < 1.29 is 14.4 Å². The van der Waals surface area contributed by atoms with Crippen LogP contribution in [0.1, 0.15) is 57.3 Å². The molecule has 1 N–H and O–H groups in total. The number of carbonyl (C=O) groups is 3. The average molecular weight is 430 g/mol. The Labute approximate surface area is 187 Å². The highest BCUT2D eigenvalue weighted by Crippen LogP contribution is 2.29. The van der Waals surface area contributed by atoms with Gasteiger partial charge in [0, 0.05) is 37.8 Å². The van der Waals surface area contributed by atoms with E-state index in [-0.39, 0.29) is 17.9 Å². The van der Waals surface area contributed by atoms with Gasteiger partial charge < -0.3 is 14.8 Å². The van der Waals surface area contributed by atoms with E-state index < -0.39 is 0 Å². The number of nitrogens with zero attached hydrogens (tertiary/aromatic N) is 2. The summed E-state index contributed by atoms with van der Waals surface area (Å²) < 4.78 is 1.87. The summed E-state index contributed by atoms with van der Waals surface area (Å²) >= 11 is 0. The van der Waals surface area contributed by atoms with E-state index in [2.05, 4.69) is 5.32 Å². The molecule has 0 radical (unpaired) electrons. The van der Waals surface area contributed by atoms with Gasteiger partial charge >= 0.3 is 0 Å². The molecule has 0 unspecified atom stereocenters. The minimum atomic E-state index is -0.242. The zero-order chi connectivity index (χ0) is 22.3. The van der Waals surface area contributed by atoms with Gasteiger partial charge in [0.15, 0.2) is 6.29 Å². The summed E-state index contributed by atoms with van der Waals surface area (Å²) in [5.41, 5.74) is 2.93. The van der Waals surface area contributed by atoms with Crippen molar-refractivity contribution in [3.63, 3.8) is 0 Å². The van der Waals surface area contributed by atoms with Gasteiger partial charge in [0.25, 0.3) is 5.91 Å². The number of hydrogen-bond donors (Lipinski definition) is 1. The summed E-state index contributed by atoms with van der Waals surface area (Å²) in [6, 6.07) is 21.3. The number of rotatable bonds is 9. The lowest BCUT2D eigenvalue weighted by atomic mass is 9.98. The van der Waals surface area contributed by atoms with E-state index >= 15 is 0 Å². The summed E-state index contributed by atoms with van der Waals surface area (Å²) in [5, 5.41) is 2.96. The molecule has 0 saturated carbocycles. The monoisotopic (exact) mass is 429 g/mol. The van der Waals surface area contributed by atoms with Gasteiger partial charge in [0.05, 0.1) is 6.04 Å². The van der Waals surface area contributed by atoms with Crippen LogP contribution >= 0.6 is 0 Å². The largest absolute Gasteiger partial charge is 0.351 e. The fraction of sp³-hybridized carbons (Fsp3) is 0.269. The molecule has 3 aromatic rings. The van der Waals surface area contributed by atoms with E-state index in [0.29, 0.717) is 37.2 Å². The Morgan fingerprint density at radius 2 is 1.69 bits per heavy atom. The Morgan fingerprint density at radius 1 is 1.03 bits per heavy atom. The van der Waals surface area contributed by atoms with Crippen LogP contribution in [0.5, 0.6) is 0 Å². The van der Waals surface area contributed by atoms with Gasteiger partial charge in [0.1, 0.15) is 5.69 Å². The molecule has 1 aliphatic heterocycles. The lowest BCUT2D eigenvalue weighted by Crippen LogP contribution is -2.32. The summed E-state index contributed by atoms with van der Waals surface area (Å²) in [4.78, 5) is 38.2. The molecule has 2 aromatic carbocycles. The average Bonchev–Trinajstić information content (AvgIpc) is 3.44. The van der Waals surface area contributed by atoms with Crippen LogP contribution in [0.3, 0.4) is 0 Å².